The summed E-state index contributed by atoms with van der Waals surface area (Å²) in [7, 11) is 0. The first-order chi connectivity index (χ1) is 11.8. The summed E-state index contributed by atoms with van der Waals surface area (Å²) in [5.41, 5.74) is 1.82. The fourth-order valence-corrected chi connectivity index (χ4v) is 4.50. The molecule has 4 rings (SSSR count). The minimum atomic E-state index is -0.0913. The van der Waals surface area contributed by atoms with Crippen LogP contribution < -0.4 is 5.32 Å². The van der Waals surface area contributed by atoms with Crippen molar-refractivity contribution in [1.29, 1.82) is 0 Å². The second-order valence-corrected chi connectivity index (χ2v) is 7.34. The zero-order valence-electron chi connectivity index (χ0n) is 13.5. The zero-order valence-corrected chi connectivity index (χ0v) is 14.3. The van der Waals surface area contributed by atoms with Crippen LogP contribution in [-0.4, -0.2) is 48.1 Å². The van der Waals surface area contributed by atoms with Gasteiger partial charge >= 0.3 is 0 Å². The SMILES string of the molecule is O=C(Nc1nc2c(s1)C[C@@H](N1CCOCC1)CC2)c1ccccc1. The van der Waals surface area contributed by atoms with E-state index < -0.39 is 0 Å². The molecule has 126 valence electrons. The van der Waals surface area contributed by atoms with Gasteiger partial charge in [-0.1, -0.05) is 18.2 Å². The number of carbonyl (C=O) groups excluding carboxylic acids is 1. The topological polar surface area (TPSA) is 54.5 Å². The highest BCUT2D eigenvalue weighted by atomic mass is 32.1. The molecule has 0 unspecified atom stereocenters. The number of amides is 1. The number of nitrogens with one attached hydrogen (secondary N) is 1. The summed E-state index contributed by atoms with van der Waals surface area (Å²) >= 11 is 1.63. The predicted octanol–water partition coefficient (Wildman–Crippen LogP) is 2.58. The second-order valence-electron chi connectivity index (χ2n) is 6.25. The molecule has 1 aliphatic heterocycles. The second kappa shape index (κ2) is 7.01. The van der Waals surface area contributed by atoms with E-state index in [0.29, 0.717) is 11.6 Å². The van der Waals surface area contributed by atoms with Gasteiger partial charge in [-0.25, -0.2) is 4.98 Å². The molecule has 1 amide bonds. The minimum Gasteiger partial charge on any atom is -0.379 e. The van der Waals surface area contributed by atoms with Crippen LogP contribution in [0.2, 0.25) is 0 Å². The largest absolute Gasteiger partial charge is 0.379 e. The van der Waals surface area contributed by atoms with Crippen LogP contribution in [0.5, 0.6) is 0 Å². The van der Waals surface area contributed by atoms with E-state index in [9.17, 15) is 4.79 Å². The summed E-state index contributed by atoms with van der Waals surface area (Å²) in [6.45, 7) is 3.72. The molecule has 0 bridgehead atoms. The van der Waals surface area contributed by atoms with Crippen LogP contribution in [0.3, 0.4) is 0 Å². The van der Waals surface area contributed by atoms with E-state index in [2.05, 4.69) is 15.2 Å². The number of morpholine rings is 1. The highest BCUT2D eigenvalue weighted by Crippen LogP contribution is 2.32. The molecule has 2 aromatic rings. The normalized spacial score (nSPS) is 21.2. The van der Waals surface area contributed by atoms with Gasteiger partial charge in [-0.3, -0.25) is 15.0 Å². The van der Waals surface area contributed by atoms with Crippen molar-refractivity contribution in [2.75, 3.05) is 31.6 Å². The van der Waals surface area contributed by atoms with E-state index >= 15 is 0 Å². The van der Waals surface area contributed by atoms with Crippen molar-refractivity contribution >= 4 is 22.4 Å². The molecule has 1 saturated heterocycles. The molecule has 0 radical (unpaired) electrons. The van der Waals surface area contributed by atoms with E-state index in [1.807, 2.05) is 30.3 Å². The molecule has 0 spiro atoms. The van der Waals surface area contributed by atoms with Crippen LogP contribution in [0.25, 0.3) is 0 Å². The first-order valence-corrected chi connectivity index (χ1v) is 9.28. The summed E-state index contributed by atoms with van der Waals surface area (Å²) in [5.74, 6) is -0.0913. The van der Waals surface area contributed by atoms with Gasteiger partial charge in [0.2, 0.25) is 0 Å². The number of aryl methyl sites for hydroxylation is 1. The molecule has 1 aliphatic carbocycles. The van der Waals surface area contributed by atoms with Gasteiger partial charge in [0.05, 0.1) is 18.9 Å². The van der Waals surface area contributed by atoms with Gasteiger partial charge in [-0.05, 0) is 31.4 Å². The van der Waals surface area contributed by atoms with Crippen molar-refractivity contribution in [1.82, 2.24) is 9.88 Å². The van der Waals surface area contributed by atoms with Gasteiger partial charge in [-0.15, -0.1) is 11.3 Å². The van der Waals surface area contributed by atoms with Gasteiger partial charge in [-0.2, -0.15) is 0 Å². The van der Waals surface area contributed by atoms with Crippen LogP contribution in [0, 0.1) is 0 Å². The third kappa shape index (κ3) is 3.36. The van der Waals surface area contributed by atoms with Gasteiger partial charge < -0.3 is 4.74 Å². The number of nitrogens with zero attached hydrogens (tertiary/aromatic N) is 2. The molecule has 1 aromatic carbocycles. The molecule has 2 heterocycles. The van der Waals surface area contributed by atoms with Gasteiger partial charge in [0.25, 0.3) is 5.91 Å². The lowest BCUT2D eigenvalue weighted by Gasteiger charge is -2.36. The number of benzene rings is 1. The fourth-order valence-electron chi connectivity index (χ4n) is 3.42. The molecule has 0 saturated carbocycles. The number of rotatable bonds is 3. The molecule has 24 heavy (non-hydrogen) atoms. The van der Waals surface area contributed by atoms with Crippen molar-refractivity contribution in [3.05, 3.63) is 46.5 Å². The molecule has 1 fully saturated rings. The lowest BCUT2D eigenvalue weighted by atomic mass is 9.96. The third-order valence-electron chi connectivity index (χ3n) is 4.73. The molecular formula is C18H21N3O2S. The van der Waals surface area contributed by atoms with Crippen molar-refractivity contribution < 1.29 is 9.53 Å². The lowest BCUT2D eigenvalue weighted by molar-refractivity contribution is 0.0139. The third-order valence-corrected chi connectivity index (χ3v) is 5.77. The Kier molecular flexibility index (Phi) is 4.60. The first kappa shape index (κ1) is 15.7. The number of anilines is 1. The maximum atomic E-state index is 12.3. The Morgan fingerprint density at radius 1 is 1.25 bits per heavy atom. The van der Waals surface area contributed by atoms with E-state index in [4.69, 9.17) is 4.74 Å². The zero-order chi connectivity index (χ0) is 16.4. The Hall–Kier alpha value is -1.76. The summed E-state index contributed by atoms with van der Waals surface area (Å²) in [6.07, 6.45) is 3.17. The maximum Gasteiger partial charge on any atom is 0.257 e. The Balaban J connectivity index is 1.43. The Morgan fingerprint density at radius 2 is 2.04 bits per heavy atom. The fraction of sp³-hybridized carbons (Fsp3) is 0.444. The van der Waals surface area contributed by atoms with Crippen molar-refractivity contribution in [2.24, 2.45) is 0 Å². The molecule has 5 nitrogen and oxygen atoms in total. The highest BCUT2D eigenvalue weighted by Gasteiger charge is 2.28. The maximum absolute atomic E-state index is 12.3. The van der Waals surface area contributed by atoms with Crippen LogP contribution in [-0.2, 0) is 17.6 Å². The van der Waals surface area contributed by atoms with Crippen molar-refractivity contribution in [3.63, 3.8) is 0 Å². The Labute approximate surface area is 145 Å². The molecule has 2 aliphatic rings. The van der Waals surface area contributed by atoms with E-state index in [1.54, 1.807) is 11.3 Å². The Morgan fingerprint density at radius 3 is 2.83 bits per heavy atom. The summed E-state index contributed by atoms with van der Waals surface area (Å²) in [6, 6.07) is 9.86. The van der Waals surface area contributed by atoms with Crippen LogP contribution in [0.15, 0.2) is 30.3 Å². The average molecular weight is 343 g/mol. The molecule has 1 aromatic heterocycles. The summed E-state index contributed by atoms with van der Waals surface area (Å²) in [4.78, 5) is 20.8. The number of hydrogen-bond donors (Lipinski definition) is 1. The number of carbonyl (C=O) groups is 1. The van der Waals surface area contributed by atoms with Crippen molar-refractivity contribution in [3.8, 4) is 0 Å². The number of fused-ring (bicyclic) bond motifs is 1. The lowest BCUT2D eigenvalue weighted by Crippen LogP contribution is -2.45. The Bertz CT molecular complexity index is 710. The number of aromatic nitrogens is 1. The van der Waals surface area contributed by atoms with Gasteiger partial charge in [0.15, 0.2) is 5.13 Å². The molecule has 1 atom stereocenters. The monoisotopic (exact) mass is 343 g/mol. The summed E-state index contributed by atoms with van der Waals surface area (Å²) in [5, 5.41) is 3.66. The van der Waals surface area contributed by atoms with E-state index in [0.717, 1.165) is 56.4 Å². The molecular weight excluding hydrogens is 322 g/mol. The van der Waals surface area contributed by atoms with Crippen molar-refractivity contribution in [2.45, 2.75) is 25.3 Å². The number of hydrogen-bond acceptors (Lipinski definition) is 5. The predicted molar refractivity (Wildman–Crippen MR) is 94.7 cm³/mol. The highest BCUT2D eigenvalue weighted by molar-refractivity contribution is 7.15. The number of ether oxygens (including phenoxy) is 1. The van der Waals surface area contributed by atoms with Gasteiger partial charge in [0.1, 0.15) is 0 Å². The van der Waals surface area contributed by atoms with Gasteiger partial charge in [0, 0.05) is 29.6 Å². The average Bonchev–Trinajstić information content (AvgIpc) is 3.04. The molecule has 1 N–H and O–H groups in total. The molecule has 6 heteroatoms. The minimum absolute atomic E-state index is 0.0913. The number of thiazole rings is 1. The van der Waals surface area contributed by atoms with Crippen LogP contribution in [0.1, 0.15) is 27.3 Å². The summed E-state index contributed by atoms with van der Waals surface area (Å²) < 4.78 is 5.45. The standard InChI is InChI=1S/C18H21N3O2S/c22-17(13-4-2-1-3-5-13)20-18-19-15-7-6-14(12-16(15)24-18)21-8-10-23-11-9-21/h1-5,14H,6-12H2,(H,19,20,22)/t14-/m0/s1. The smallest absolute Gasteiger partial charge is 0.257 e. The van der Waals surface area contributed by atoms with Crippen LogP contribution >= 0.6 is 11.3 Å². The first-order valence-electron chi connectivity index (χ1n) is 8.46. The van der Waals surface area contributed by atoms with E-state index in [1.165, 1.54) is 4.88 Å². The quantitative estimate of drug-likeness (QED) is 0.931. The van der Waals surface area contributed by atoms with Crippen LogP contribution in [0.4, 0.5) is 5.13 Å². The van der Waals surface area contributed by atoms with E-state index in [-0.39, 0.29) is 5.91 Å².